The zero-order chi connectivity index (χ0) is 22.1. The molecule has 0 aliphatic rings. The lowest BCUT2D eigenvalue weighted by Gasteiger charge is -2.04. The Hall–Kier alpha value is -3.48. The maximum Gasteiger partial charge on any atom is 0.442 e. The van der Waals surface area contributed by atoms with E-state index in [0.29, 0.717) is 16.2 Å². The summed E-state index contributed by atoms with van der Waals surface area (Å²) in [6.45, 7) is 0.708. The molecule has 0 saturated heterocycles. The first kappa shape index (κ1) is 21.2. The molecular weight excluding hydrogens is 431 g/mol. The highest BCUT2D eigenvalue weighted by molar-refractivity contribution is 6.30. The SMILES string of the molecule is Cc1c([N+](=O)[O-])c(C(F)(F)F)nn1CC(=O)Nc1ncn(Cc2cccc(Cl)c2)n1. The number of nitrogens with one attached hydrogen (secondary N) is 1. The molecule has 1 aromatic carbocycles. The highest BCUT2D eigenvalue weighted by atomic mass is 35.5. The molecule has 2 aromatic heterocycles. The molecule has 0 fully saturated rings. The summed E-state index contributed by atoms with van der Waals surface area (Å²) in [5.41, 5.74) is -2.42. The fourth-order valence-corrected chi connectivity index (χ4v) is 2.86. The quantitative estimate of drug-likeness (QED) is 0.461. The normalized spacial score (nSPS) is 11.5. The zero-order valence-electron chi connectivity index (χ0n) is 15.2. The Morgan fingerprint density at radius 2 is 2.07 bits per heavy atom. The third kappa shape index (κ3) is 4.74. The minimum absolute atomic E-state index is 0.0858. The van der Waals surface area contributed by atoms with Crippen molar-refractivity contribution in [1.29, 1.82) is 0 Å². The maximum atomic E-state index is 13.0. The van der Waals surface area contributed by atoms with E-state index < -0.39 is 40.6 Å². The van der Waals surface area contributed by atoms with Crippen molar-refractivity contribution in [2.45, 2.75) is 26.2 Å². The molecule has 0 saturated carbocycles. The first-order chi connectivity index (χ1) is 14.0. The number of hydrogen-bond acceptors (Lipinski definition) is 6. The van der Waals surface area contributed by atoms with Crippen LogP contribution in [0.4, 0.5) is 24.8 Å². The van der Waals surface area contributed by atoms with Crippen molar-refractivity contribution in [3.8, 4) is 0 Å². The predicted molar refractivity (Wildman–Crippen MR) is 97.8 cm³/mol. The van der Waals surface area contributed by atoms with E-state index in [4.69, 9.17) is 11.6 Å². The number of nitrogens with zero attached hydrogens (tertiary/aromatic N) is 6. The lowest BCUT2D eigenvalue weighted by molar-refractivity contribution is -0.388. The third-order valence-corrected chi connectivity index (χ3v) is 4.18. The van der Waals surface area contributed by atoms with Gasteiger partial charge in [0.15, 0.2) is 0 Å². The van der Waals surface area contributed by atoms with Gasteiger partial charge in [0.05, 0.1) is 11.5 Å². The highest BCUT2D eigenvalue weighted by Crippen LogP contribution is 2.36. The maximum absolute atomic E-state index is 13.0. The standard InChI is InChI=1S/C16H13ClF3N7O3/c1-9-13(27(29)30)14(16(18,19)20)23-26(9)7-12(28)22-15-21-8-25(24-15)6-10-3-2-4-11(17)5-10/h2-5,8H,6-7H2,1H3,(H,22,24,28). The summed E-state index contributed by atoms with van der Waals surface area (Å²) in [5.74, 6) is -0.887. The number of nitro groups is 1. The first-order valence-corrected chi connectivity index (χ1v) is 8.65. The second-order valence-electron chi connectivity index (χ2n) is 6.14. The van der Waals surface area contributed by atoms with Crippen LogP contribution in [0.25, 0.3) is 0 Å². The molecule has 2 heterocycles. The fourth-order valence-electron chi connectivity index (χ4n) is 2.65. The Bertz CT molecular complexity index is 1110. The molecule has 0 radical (unpaired) electrons. The summed E-state index contributed by atoms with van der Waals surface area (Å²) in [4.78, 5) is 25.8. The van der Waals surface area contributed by atoms with Crippen LogP contribution in [-0.4, -0.2) is 35.4 Å². The van der Waals surface area contributed by atoms with Gasteiger partial charge in [0.1, 0.15) is 18.6 Å². The van der Waals surface area contributed by atoms with Crippen molar-refractivity contribution in [1.82, 2.24) is 24.5 Å². The van der Waals surface area contributed by atoms with Gasteiger partial charge in [-0.05, 0) is 24.6 Å². The number of carbonyl (C=O) groups is 1. The van der Waals surface area contributed by atoms with Crippen LogP contribution in [0.3, 0.4) is 0 Å². The van der Waals surface area contributed by atoms with Crippen LogP contribution in [0.2, 0.25) is 5.02 Å². The Morgan fingerprint density at radius 3 is 2.67 bits per heavy atom. The van der Waals surface area contributed by atoms with E-state index in [2.05, 4.69) is 20.5 Å². The zero-order valence-corrected chi connectivity index (χ0v) is 16.0. The number of hydrogen-bond donors (Lipinski definition) is 1. The van der Waals surface area contributed by atoms with Gasteiger partial charge >= 0.3 is 11.9 Å². The summed E-state index contributed by atoms with van der Waals surface area (Å²) in [6.07, 6.45) is -3.68. The molecule has 1 N–H and O–H groups in total. The van der Waals surface area contributed by atoms with E-state index in [1.165, 1.54) is 11.0 Å². The van der Waals surface area contributed by atoms with E-state index in [1.807, 2.05) is 6.07 Å². The second kappa shape index (κ2) is 8.10. The third-order valence-electron chi connectivity index (χ3n) is 3.94. The van der Waals surface area contributed by atoms with Gasteiger partial charge in [-0.15, -0.1) is 5.10 Å². The van der Waals surface area contributed by atoms with Crippen LogP contribution in [0.1, 0.15) is 17.0 Å². The van der Waals surface area contributed by atoms with E-state index in [0.717, 1.165) is 12.5 Å². The second-order valence-corrected chi connectivity index (χ2v) is 6.58. The number of rotatable bonds is 6. The van der Waals surface area contributed by atoms with E-state index >= 15 is 0 Å². The molecule has 14 heteroatoms. The number of amides is 1. The van der Waals surface area contributed by atoms with Gasteiger partial charge in [-0.3, -0.25) is 24.9 Å². The molecule has 0 atom stereocenters. The molecule has 10 nitrogen and oxygen atoms in total. The molecule has 0 spiro atoms. The first-order valence-electron chi connectivity index (χ1n) is 8.27. The summed E-state index contributed by atoms with van der Waals surface area (Å²) < 4.78 is 41.0. The number of halogens is 4. The Morgan fingerprint density at radius 1 is 1.33 bits per heavy atom. The molecule has 30 heavy (non-hydrogen) atoms. The van der Waals surface area contributed by atoms with Crippen LogP contribution < -0.4 is 5.32 Å². The number of alkyl halides is 3. The molecule has 1 amide bonds. The van der Waals surface area contributed by atoms with Gasteiger partial charge in [0, 0.05) is 5.02 Å². The van der Waals surface area contributed by atoms with Crippen LogP contribution >= 0.6 is 11.6 Å². The van der Waals surface area contributed by atoms with Gasteiger partial charge in [0.25, 0.3) is 0 Å². The lowest BCUT2D eigenvalue weighted by atomic mass is 10.2. The summed E-state index contributed by atoms with van der Waals surface area (Å²) in [5, 5.41) is 21.1. The van der Waals surface area contributed by atoms with Gasteiger partial charge in [-0.25, -0.2) is 9.67 Å². The molecule has 3 rings (SSSR count). The molecular formula is C16H13ClF3N7O3. The minimum Gasteiger partial charge on any atom is -0.292 e. The smallest absolute Gasteiger partial charge is 0.292 e. The van der Waals surface area contributed by atoms with Crippen LogP contribution in [0.15, 0.2) is 30.6 Å². The minimum atomic E-state index is -5.03. The Balaban J connectivity index is 1.71. The van der Waals surface area contributed by atoms with Crippen molar-refractivity contribution in [2.24, 2.45) is 0 Å². The monoisotopic (exact) mass is 443 g/mol. The highest BCUT2D eigenvalue weighted by Gasteiger charge is 2.44. The molecule has 0 aliphatic carbocycles. The van der Waals surface area contributed by atoms with Gasteiger partial charge in [-0.1, -0.05) is 23.7 Å². The topological polar surface area (TPSA) is 121 Å². The van der Waals surface area contributed by atoms with Gasteiger partial charge in [-0.2, -0.15) is 18.3 Å². The van der Waals surface area contributed by atoms with E-state index in [1.54, 1.807) is 18.2 Å². The van der Waals surface area contributed by atoms with Crippen molar-refractivity contribution in [3.63, 3.8) is 0 Å². The predicted octanol–water partition coefficient (Wildman–Crippen LogP) is 3.05. The van der Waals surface area contributed by atoms with Gasteiger partial charge < -0.3 is 0 Å². The lowest BCUT2D eigenvalue weighted by Crippen LogP contribution is -2.21. The van der Waals surface area contributed by atoms with E-state index in [9.17, 15) is 28.1 Å². The molecule has 0 aliphatic heterocycles. The Kier molecular flexibility index (Phi) is 5.73. The summed E-state index contributed by atoms with van der Waals surface area (Å²) in [7, 11) is 0. The molecule has 158 valence electrons. The summed E-state index contributed by atoms with van der Waals surface area (Å²) in [6, 6.07) is 7.02. The molecule has 0 unspecified atom stereocenters. The number of benzene rings is 1. The van der Waals surface area contributed by atoms with Crippen LogP contribution in [0.5, 0.6) is 0 Å². The van der Waals surface area contributed by atoms with Crippen molar-refractivity contribution in [2.75, 3.05) is 5.32 Å². The average molecular weight is 444 g/mol. The van der Waals surface area contributed by atoms with Crippen LogP contribution in [-0.2, 0) is 24.1 Å². The largest absolute Gasteiger partial charge is 0.442 e. The van der Waals surface area contributed by atoms with Crippen molar-refractivity contribution in [3.05, 3.63) is 62.7 Å². The van der Waals surface area contributed by atoms with Crippen molar-refractivity contribution < 1.29 is 22.9 Å². The van der Waals surface area contributed by atoms with Gasteiger partial charge in [0.2, 0.25) is 17.5 Å². The summed E-state index contributed by atoms with van der Waals surface area (Å²) >= 11 is 5.91. The van der Waals surface area contributed by atoms with E-state index in [-0.39, 0.29) is 5.95 Å². The number of carbonyl (C=O) groups excluding carboxylic acids is 1. The average Bonchev–Trinajstić information content (AvgIpc) is 3.19. The van der Waals surface area contributed by atoms with Crippen molar-refractivity contribution >= 4 is 29.1 Å². The number of anilines is 1. The Labute approximate surface area is 171 Å². The molecule has 3 aromatic rings. The fraction of sp³-hybridized carbons (Fsp3) is 0.250. The molecule has 0 bridgehead atoms. The van der Waals surface area contributed by atoms with Crippen LogP contribution in [0, 0.1) is 17.0 Å². The number of aromatic nitrogens is 5.